The fourth-order valence-electron chi connectivity index (χ4n) is 1.71. The molecule has 0 saturated carbocycles. The first-order chi connectivity index (χ1) is 7.72. The van der Waals surface area contributed by atoms with Gasteiger partial charge in [0.1, 0.15) is 0 Å². The minimum absolute atomic E-state index is 0.104. The topological polar surface area (TPSA) is 44.8 Å². The molecule has 1 N–H and O–H groups in total. The predicted molar refractivity (Wildman–Crippen MR) is 63.4 cm³/mol. The molecule has 0 bridgehead atoms. The van der Waals surface area contributed by atoms with Crippen LogP contribution in [0.5, 0.6) is 0 Å². The molecule has 0 atom stereocenters. The van der Waals surface area contributed by atoms with Gasteiger partial charge in [-0.2, -0.15) is 0 Å². The van der Waals surface area contributed by atoms with Crippen LogP contribution in [-0.4, -0.2) is 75.2 Å². The summed E-state index contributed by atoms with van der Waals surface area (Å²) in [6.45, 7) is 8.75. The molecule has 0 aliphatic carbocycles. The van der Waals surface area contributed by atoms with Crippen molar-refractivity contribution in [1.29, 1.82) is 0 Å². The van der Waals surface area contributed by atoms with Crippen molar-refractivity contribution in [2.75, 3.05) is 59.5 Å². The largest absolute Gasteiger partial charge is 0.379 e. The van der Waals surface area contributed by atoms with E-state index >= 15 is 0 Å². The van der Waals surface area contributed by atoms with Gasteiger partial charge in [-0.1, -0.05) is 0 Å². The Bertz CT molecular complexity index is 205. The maximum atomic E-state index is 11.3. The minimum Gasteiger partial charge on any atom is -0.379 e. The van der Waals surface area contributed by atoms with Crippen LogP contribution in [0, 0.1) is 0 Å². The van der Waals surface area contributed by atoms with Gasteiger partial charge in [0.15, 0.2) is 0 Å². The molecule has 1 aliphatic heterocycles. The molecule has 5 nitrogen and oxygen atoms in total. The smallest absolute Gasteiger partial charge is 0.234 e. The van der Waals surface area contributed by atoms with Gasteiger partial charge in [-0.25, -0.2) is 0 Å². The molecular weight excluding hydrogens is 206 g/mol. The Morgan fingerprint density at radius 2 is 2.12 bits per heavy atom. The molecule has 0 aromatic rings. The normalized spacial score (nSPS) is 17.7. The van der Waals surface area contributed by atoms with Crippen LogP contribution < -0.4 is 5.32 Å². The number of morpholine rings is 1. The van der Waals surface area contributed by atoms with Gasteiger partial charge in [0, 0.05) is 32.7 Å². The highest BCUT2D eigenvalue weighted by molar-refractivity contribution is 5.77. The van der Waals surface area contributed by atoms with E-state index in [1.165, 1.54) is 0 Å². The van der Waals surface area contributed by atoms with Gasteiger partial charge in [-0.05, 0) is 14.0 Å². The van der Waals surface area contributed by atoms with Gasteiger partial charge in [-0.3, -0.25) is 14.6 Å². The second-order valence-corrected chi connectivity index (χ2v) is 4.15. The molecule has 16 heavy (non-hydrogen) atoms. The summed E-state index contributed by atoms with van der Waals surface area (Å²) in [4.78, 5) is 15.7. The number of nitrogens with zero attached hydrogens (tertiary/aromatic N) is 2. The first-order valence-electron chi connectivity index (χ1n) is 5.97. The van der Waals surface area contributed by atoms with Gasteiger partial charge in [0.2, 0.25) is 5.91 Å². The first kappa shape index (κ1) is 13.4. The summed E-state index contributed by atoms with van der Waals surface area (Å²) in [5.74, 6) is 0.104. The number of nitrogens with one attached hydrogen (secondary N) is 1. The van der Waals surface area contributed by atoms with Crippen molar-refractivity contribution < 1.29 is 9.53 Å². The Kier molecular flexibility index (Phi) is 6.37. The summed E-state index contributed by atoms with van der Waals surface area (Å²) in [6.07, 6.45) is 0. The van der Waals surface area contributed by atoms with E-state index < -0.39 is 0 Å². The maximum absolute atomic E-state index is 11.3. The zero-order valence-electron chi connectivity index (χ0n) is 10.4. The standard InChI is InChI=1S/C11H23N3O2/c1-3-12-11(15)10-13(2)4-5-14-6-8-16-9-7-14/h3-10H2,1-2H3,(H,12,15). The van der Waals surface area contributed by atoms with Gasteiger partial charge < -0.3 is 10.1 Å². The molecule has 1 amide bonds. The molecule has 0 unspecified atom stereocenters. The number of carbonyl (C=O) groups excluding carboxylic acids is 1. The fraction of sp³-hybridized carbons (Fsp3) is 0.909. The number of hydrogen-bond acceptors (Lipinski definition) is 4. The Balaban J connectivity index is 2.08. The summed E-state index contributed by atoms with van der Waals surface area (Å²) < 4.78 is 5.28. The van der Waals surface area contributed by atoms with Crippen molar-refractivity contribution in [3.05, 3.63) is 0 Å². The zero-order valence-corrected chi connectivity index (χ0v) is 10.4. The second kappa shape index (κ2) is 7.60. The number of hydrogen-bond donors (Lipinski definition) is 1. The molecule has 1 aliphatic rings. The number of amides is 1. The summed E-state index contributed by atoms with van der Waals surface area (Å²) in [5, 5.41) is 2.80. The predicted octanol–water partition coefficient (Wildman–Crippen LogP) is -0.613. The third-order valence-electron chi connectivity index (χ3n) is 2.69. The average Bonchev–Trinajstić information content (AvgIpc) is 2.28. The van der Waals surface area contributed by atoms with Gasteiger partial charge in [-0.15, -0.1) is 0 Å². The summed E-state index contributed by atoms with van der Waals surface area (Å²) in [7, 11) is 1.98. The van der Waals surface area contributed by atoms with Crippen molar-refractivity contribution in [3.63, 3.8) is 0 Å². The summed E-state index contributed by atoms with van der Waals surface area (Å²) in [6, 6.07) is 0. The highest BCUT2D eigenvalue weighted by Crippen LogP contribution is 1.96. The van der Waals surface area contributed by atoms with E-state index in [4.69, 9.17) is 4.74 Å². The van der Waals surface area contributed by atoms with E-state index in [1.54, 1.807) is 0 Å². The van der Waals surface area contributed by atoms with Crippen LogP contribution in [0.25, 0.3) is 0 Å². The molecule has 1 heterocycles. The van der Waals surface area contributed by atoms with Crippen LogP contribution in [0.1, 0.15) is 6.92 Å². The van der Waals surface area contributed by atoms with Crippen molar-refractivity contribution in [2.24, 2.45) is 0 Å². The lowest BCUT2D eigenvalue weighted by molar-refractivity contribution is -0.121. The second-order valence-electron chi connectivity index (χ2n) is 4.15. The van der Waals surface area contributed by atoms with Gasteiger partial charge in [0.05, 0.1) is 19.8 Å². The van der Waals surface area contributed by atoms with Crippen molar-refractivity contribution in [2.45, 2.75) is 6.92 Å². The Morgan fingerprint density at radius 1 is 1.44 bits per heavy atom. The van der Waals surface area contributed by atoms with Crippen LogP contribution >= 0.6 is 0 Å². The summed E-state index contributed by atoms with van der Waals surface area (Å²) in [5.41, 5.74) is 0. The highest BCUT2D eigenvalue weighted by Gasteiger charge is 2.11. The molecule has 0 aromatic heterocycles. The van der Waals surface area contributed by atoms with Gasteiger partial charge in [0.25, 0.3) is 0 Å². The van der Waals surface area contributed by atoms with E-state index in [0.29, 0.717) is 13.1 Å². The summed E-state index contributed by atoms with van der Waals surface area (Å²) >= 11 is 0. The van der Waals surface area contributed by atoms with E-state index in [9.17, 15) is 4.79 Å². The average molecular weight is 229 g/mol. The lowest BCUT2D eigenvalue weighted by Crippen LogP contribution is -2.42. The highest BCUT2D eigenvalue weighted by atomic mass is 16.5. The van der Waals surface area contributed by atoms with Crippen molar-refractivity contribution in [1.82, 2.24) is 15.1 Å². The van der Waals surface area contributed by atoms with E-state index in [-0.39, 0.29) is 5.91 Å². The molecule has 1 saturated heterocycles. The molecule has 94 valence electrons. The van der Waals surface area contributed by atoms with E-state index in [1.807, 2.05) is 14.0 Å². The number of rotatable bonds is 6. The fourth-order valence-corrected chi connectivity index (χ4v) is 1.71. The van der Waals surface area contributed by atoms with E-state index in [0.717, 1.165) is 39.4 Å². The maximum Gasteiger partial charge on any atom is 0.234 e. The van der Waals surface area contributed by atoms with Crippen LogP contribution in [0.2, 0.25) is 0 Å². The third-order valence-corrected chi connectivity index (χ3v) is 2.69. The Labute approximate surface area is 97.7 Å². The SMILES string of the molecule is CCNC(=O)CN(C)CCN1CCOCC1. The third kappa shape index (κ3) is 5.44. The van der Waals surface area contributed by atoms with Gasteiger partial charge >= 0.3 is 0 Å². The number of likely N-dealkylation sites (N-methyl/N-ethyl adjacent to an activating group) is 2. The Hall–Kier alpha value is -0.650. The lowest BCUT2D eigenvalue weighted by atomic mass is 10.4. The molecule has 5 heteroatoms. The molecule has 0 spiro atoms. The Morgan fingerprint density at radius 3 is 2.75 bits per heavy atom. The molecule has 1 fully saturated rings. The van der Waals surface area contributed by atoms with Crippen LogP contribution in [-0.2, 0) is 9.53 Å². The van der Waals surface area contributed by atoms with Crippen molar-refractivity contribution >= 4 is 5.91 Å². The molecule has 0 radical (unpaired) electrons. The molecule has 0 aromatic carbocycles. The number of carbonyl (C=O) groups is 1. The van der Waals surface area contributed by atoms with Crippen molar-refractivity contribution in [3.8, 4) is 0 Å². The minimum atomic E-state index is 0.104. The number of ether oxygens (including phenoxy) is 1. The molecular formula is C11H23N3O2. The molecule has 1 rings (SSSR count). The van der Waals surface area contributed by atoms with Crippen LogP contribution in [0.4, 0.5) is 0 Å². The van der Waals surface area contributed by atoms with Crippen LogP contribution in [0.15, 0.2) is 0 Å². The quantitative estimate of drug-likeness (QED) is 0.660. The van der Waals surface area contributed by atoms with Crippen LogP contribution in [0.3, 0.4) is 0 Å². The first-order valence-corrected chi connectivity index (χ1v) is 5.97. The zero-order chi connectivity index (χ0) is 11.8. The monoisotopic (exact) mass is 229 g/mol. The van der Waals surface area contributed by atoms with E-state index in [2.05, 4.69) is 15.1 Å². The lowest BCUT2D eigenvalue weighted by Gasteiger charge is -2.28.